The van der Waals surface area contributed by atoms with E-state index in [1.807, 2.05) is 0 Å². The fourth-order valence-electron chi connectivity index (χ4n) is 1.35. The monoisotopic (exact) mass is 251 g/mol. The lowest BCUT2D eigenvalue weighted by molar-refractivity contribution is 0.0955. The second kappa shape index (κ2) is 7.29. The molecule has 2 amide bonds. The maximum Gasteiger partial charge on any atom is 0.411 e. The SMILES string of the molecule is CCOC(=O)Nc1ccccc1C(=O)NCCN. The van der Waals surface area contributed by atoms with Crippen molar-refractivity contribution < 1.29 is 14.3 Å². The first-order chi connectivity index (χ1) is 8.69. The van der Waals surface area contributed by atoms with Gasteiger partial charge in [0.1, 0.15) is 0 Å². The summed E-state index contributed by atoms with van der Waals surface area (Å²) in [6.45, 7) is 2.72. The van der Waals surface area contributed by atoms with Gasteiger partial charge in [0.2, 0.25) is 0 Å². The zero-order valence-corrected chi connectivity index (χ0v) is 10.2. The second-order valence-corrected chi connectivity index (χ2v) is 3.44. The number of rotatable bonds is 5. The van der Waals surface area contributed by atoms with Crippen molar-refractivity contribution in [3.8, 4) is 0 Å². The van der Waals surface area contributed by atoms with Gasteiger partial charge in [-0.3, -0.25) is 10.1 Å². The van der Waals surface area contributed by atoms with Gasteiger partial charge in [0.15, 0.2) is 0 Å². The van der Waals surface area contributed by atoms with Crippen LogP contribution in [0.4, 0.5) is 10.5 Å². The molecule has 0 spiro atoms. The minimum Gasteiger partial charge on any atom is -0.450 e. The molecule has 0 unspecified atom stereocenters. The van der Waals surface area contributed by atoms with Crippen molar-refractivity contribution in [2.75, 3.05) is 25.0 Å². The fourth-order valence-corrected chi connectivity index (χ4v) is 1.35. The van der Waals surface area contributed by atoms with Crippen LogP contribution in [0.15, 0.2) is 24.3 Å². The van der Waals surface area contributed by atoms with E-state index in [0.29, 0.717) is 24.3 Å². The third kappa shape index (κ3) is 4.06. The van der Waals surface area contributed by atoms with Crippen LogP contribution in [0.5, 0.6) is 0 Å². The molecule has 0 radical (unpaired) electrons. The van der Waals surface area contributed by atoms with Gasteiger partial charge in [-0.15, -0.1) is 0 Å². The summed E-state index contributed by atoms with van der Waals surface area (Å²) >= 11 is 0. The number of benzene rings is 1. The van der Waals surface area contributed by atoms with Crippen LogP contribution in [-0.4, -0.2) is 31.7 Å². The fraction of sp³-hybridized carbons (Fsp3) is 0.333. The maximum absolute atomic E-state index is 11.8. The summed E-state index contributed by atoms with van der Waals surface area (Å²) in [4.78, 5) is 23.1. The lowest BCUT2D eigenvalue weighted by atomic mass is 10.1. The first kappa shape index (κ1) is 14.0. The predicted octanol–water partition coefficient (Wildman–Crippen LogP) is 0.943. The summed E-state index contributed by atoms with van der Waals surface area (Å²) in [5.74, 6) is -0.284. The van der Waals surface area contributed by atoms with E-state index in [9.17, 15) is 9.59 Å². The van der Waals surface area contributed by atoms with Gasteiger partial charge in [0.25, 0.3) is 5.91 Å². The minimum absolute atomic E-state index is 0.271. The van der Waals surface area contributed by atoms with Crippen LogP contribution in [-0.2, 0) is 4.74 Å². The molecule has 0 heterocycles. The number of amides is 2. The molecule has 4 N–H and O–H groups in total. The Morgan fingerprint density at radius 3 is 2.72 bits per heavy atom. The number of anilines is 1. The van der Waals surface area contributed by atoms with E-state index in [1.54, 1.807) is 31.2 Å². The minimum atomic E-state index is -0.587. The number of nitrogens with one attached hydrogen (secondary N) is 2. The van der Waals surface area contributed by atoms with Crippen molar-refractivity contribution in [1.29, 1.82) is 0 Å². The summed E-state index contributed by atoms with van der Waals surface area (Å²) in [5.41, 5.74) is 6.09. The summed E-state index contributed by atoms with van der Waals surface area (Å²) in [6.07, 6.45) is -0.587. The second-order valence-electron chi connectivity index (χ2n) is 3.44. The number of hydrogen-bond donors (Lipinski definition) is 3. The number of ether oxygens (including phenoxy) is 1. The highest BCUT2D eigenvalue weighted by atomic mass is 16.5. The molecule has 0 atom stereocenters. The molecule has 6 nitrogen and oxygen atoms in total. The van der Waals surface area contributed by atoms with E-state index in [0.717, 1.165) is 0 Å². The maximum atomic E-state index is 11.8. The molecule has 0 aliphatic rings. The van der Waals surface area contributed by atoms with Crippen LogP contribution in [0.25, 0.3) is 0 Å². The highest BCUT2D eigenvalue weighted by Gasteiger charge is 2.12. The number of nitrogens with two attached hydrogens (primary N) is 1. The molecule has 6 heteroatoms. The molecule has 0 bridgehead atoms. The molecule has 0 aliphatic carbocycles. The zero-order chi connectivity index (χ0) is 13.4. The van der Waals surface area contributed by atoms with Crippen molar-refractivity contribution in [2.24, 2.45) is 5.73 Å². The van der Waals surface area contributed by atoms with Crippen LogP contribution in [0.2, 0.25) is 0 Å². The van der Waals surface area contributed by atoms with E-state index in [1.165, 1.54) is 0 Å². The number of carbonyl (C=O) groups is 2. The van der Waals surface area contributed by atoms with Crippen molar-refractivity contribution in [3.05, 3.63) is 29.8 Å². The Kier molecular flexibility index (Phi) is 5.66. The zero-order valence-electron chi connectivity index (χ0n) is 10.2. The molecule has 0 saturated carbocycles. The number of carbonyl (C=O) groups excluding carboxylic acids is 2. The largest absolute Gasteiger partial charge is 0.450 e. The first-order valence-electron chi connectivity index (χ1n) is 5.70. The lowest BCUT2D eigenvalue weighted by Crippen LogP contribution is -2.30. The van der Waals surface area contributed by atoms with E-state index >= 15 is 0 Å². The van der Waals surface area contributed by atoms with Crippen molar-refractivity contribution in [3.63, 3.8) is 0 Å². The van der Waals surface area contributed by atoms with Crippen LogP contribution < -0.4 is 16.4 Å². The summed E-state index contributed by atoms with van der Waals surface area (Å²) in [5, 5.41) is 5.15. The van der Waals surface area contributed by atoms with Gasteiger partial charge in [-0.1, -0.05) is 12.1 Å². The Morgan fingerprint density at radius 1 is 1.33 bits per heavy atom. The average molecular weight is 251 g/mol. The quantitative estimate of drug-likeness (QED) is 0.726. The van der Waals surface area contributed by atoms with Crippen LogP contribution in [0.1, 0.15) is 17.3 Å². The normalized spacial score (nSPS) is 9.67. The third-order valence-electron chi connectivity index (χ3n) is 2.11. The average Bonchev–Trinajstić information content (AvgIpc) is 2.37. The van der Waals surface area contributed by atoms with Crippen molar-refractivity contribution in [2.45, 2.75) is 6.92 Å². The first-order valence-corrected chi connectivity index (χ1v) is 5.70. The summed E-state index contributed by atoms with van der Waals surface area (Å²) in [7, 11) is 0. The molecular weight excluding hydrogens is 234 g/mol. The van der Waals surface area contributed by atoms with Crippen LogP contribution in [0, 0.1) is 0 Å². The number of para-hydroxylation sites is 1. The van der Waals surface area contributed by atoms with E-state index < -0.39 is 6.09 Å². The van der Waals surface area contributed by atoms with Gasteiger partial charge in [-0.25, -0.2) is 4.79 Å². The molecule has 0 fully saturated rings. The van der Waals surface area contributed by atoms with Gasteiger partial charge in [-0.05, 0) is 19.1 Å². The molecule has 98 valence electrons. The van der Waals surface area contributed by atoms with E-state index in [-0.39, 0.29) is 12.5 Å². The van der Waals surface area contributed by atoms with Crippen LogP contribution >= 0.6 is 0 Å². The smallest absolute Gasteiger partial charge is 0.411 e. The molecule has 1 aromatic carbocycles. The van der Waals surface area contributed by atoms with Crippen LogP contribution in [0.3, 0.4) is 0 Å². The van der Waals surface area contributed by atoms with Crippen molar-refractivity contribution >= 4 is 17.7 Å². The standard InChI is InChI=1S/C12H17N3O3/c1-2-18-12(17)15-10-6-4-3-5-9(10)11(16)14-8-7-13/h3-6H,2,7-8,13H2,1H3,(H,14,16)(H,15,17). The van der Waals surface area contributed by atoms with Gasteiger partial charge in [-0.2, -0.15) is 0 Å². The lowest BCUT2D eigenvalue weighted by Gasteiger charge is -2.10. The van der Waals surface area contributed by atoms with E-state index in [2.05, 4.69) is 10.6 Å². The van der Waals surface area contributed by atoms with Gasteiger partial charge < -0.3 is 15.8 Å². The Labute approximate surface area is 105 Å². The van der Waals surface area contributed by atoms with Gasteiger partial charge in [0, 0.05) is 13.1 Å². The predicted molar refractivity (Wildman–Crippen MR) is 68.5 cm³/mol. The Balaban J connectivity index is 2.79. The Bertz CT molecular complexity index is 421. The molecule has 1 aromatic rings. The molecule has 1 rings (SSSR count). The Morgan fingerprint density at radius 2 is 2.06 bits per heavy atom. The topological polar surface area (TPSA) is 93.4 Å². The van der Waals surface area contributed by atoms with Crippen molar-refractivity contribution in [1.82, 2.24) is 5.32 Å². The molecule has 0 aliphatic heterocycles. The highest BCUT2D eigenvalue weighted by Crippen LogP contribution is 2.15. The Hall–Kier alpha value is -2.08. The molecule has 0 aromatic heterocycles. The molecule has 18 heavy (non-hydrogen) atoms. The summed E-state index contributed by atoms with van der Waals surface area (Å²) < 4.78 is 4.76. The van der Waals surface area contributed by atoms with E-state index in [4.69, 9.17) is 10.5 Å². The van der Waals surface area contributed by atoms with Gasteiger partial charge >= 0.3 is 6.09 Å². The molecular formula is C12H17N3O3. The number of hydrogen-bond acceptors (Lipinski definition) is 4. The molecule has 0 saturated heterocycles. The summed E-state index contributed by atoms with van der Waals surface area (Å²) in [6, 6.07) is 6.69. The highest BCUT2D eigenvalue weighted by molar-refractivity contribution is 6.02. The third-order valence-corrected chi connectivity index (χ3v) is 2.11. The van der Waals surface area contributed by atoms with Gasteiger partial charge in [0.05, 0.1) is 17.9 Å².